The summed E-state index contributed by atoms with van der Waals surface area (Å²) < 4.78 is 78.3. The van der Waals surface area contributed by atoms with Crippen molar-refractivity contribution in [1.82, 2.24) is 9.55 Å². The molecular formula is C26H25BrF3N3O5S. The number of ether oxygens (including phenoxy) is 1. The van der Waals surface area contributed by atoms with Crippen molar-refractivity contribution in [3.05, 3.63) is 70.1 Å². The molecule has 2 aliphatic rings. The van der Waals surface area contributed by atoms with Gasteiger partial charge in [0.05, 0.1) is 37.1 Å². The van der Waals surface area contributed by atoms with E-state index in [1.54, 1.807) is 35.3 Å². The predicted octanol–water partition coefficient (Wildman–Crippen LogP) is 6.76. The quantitative estimate of drug-likeness (QED) is 0.206. The number of benzene rings is 1. The first-order valence-electron chi connectivity index (χ1n) is 12.0. The zero-order valence-electron chi connectivity index (χ0n) is 21.2. The van der Waals surface area contributed by atoms with Gasteiger partial charge in [0.25, 0.3) is 0 Å². The number of rotatable bonds is 9. The molecule has 0 fully saturated rings. The molecule has 0 spiro atoms. The number of aromatic nitrogens is 2. The smallest absolute Gasteiger partial charge is 0.472 e. The first-order chi connectivity index (χ1) is 18.4. The van der Waals surface area contributed by atoms with Gasteiger partial charge >= 0.3 is 21.5 Å². The van der Waals surface area contributed by atoms with Crippen molar-refractivity contribution in [1.29, 1.82) is 0 Å². The maximum atomic E-state index is 13.2. The summed E-state index contributed by atoms with van der Waals surface area (Å²) in [5.41, 5.74) is -2.44. The van der Waals surface area contributed by atoms with E-state index in [0.717, 1.165) is 6.42 Å². The molecular weight excluding hydrogens is 603 g/mol. The Hall–Kier alpha value is -3.32. The van der Waals surface area contributed by atoms with Gasteiger partial charge in [-0.25, -0.2) is 9.78 Å². The number of anilines is 1. The van der Waals surface area contributed by atoms with E-state index in [1.165, 1.54) is 30.7 Å². The van der Waals surface area contributed by atoms with Gasteiger partial charge in [-0.3, -0.25) is 4.72 Å². The number of alkyl halides is 3. The highest BCUT2D eigenvalue weighted by atomic mass is 79.9. The fraction of sp³-hybridized carbons (Fsp3) is 0.308. The predicted molar refractivity (Wildman–Crippen MR) is 143 cm³/mol. The SMILES string of the molecule is CCCc1nc(C)c(C(=O)OCC)n1Cc1c2ccocc-2c(Br)c1-c1ccccc1NS(=O)(=O)C(F)(F)F. The standard InChI is InChI=1S/C26H25BrF3N3O5S/c1-4-8-21-31-15(3)24(25(34)38-5-2)33(21)13-18-16-11-12-37-14-19(16)23(27)22(18)17-9-6-7-10-20(17)32-39(35,36)26(28,29)30/h6-7,9-12,14,32H,4-5,8,13H2,1-3H3. The normalized spacial score (nSPS) is 12.2. The molecule has 1 aliphatic carbocycles. The minimum atomic E-state index is -5.69. The van der Waals surface area contributed by atoms with E-state index < -0.39 is 21.5 Å². The number of sulfonamides is 1. The molecule has 0 saturated carbocycles. The molecule has 1 aromatic heterocycles. The Morgan fingerprint density at radius 2 is 1.87 bits per heavy atom. The van der Waals surface area contributed by atoms with E-state index in [0.29, 0.717) is 44.7 Å². The first-order valence-corrected chi connectivity index (χ1v) is 14.3. The van der Waals surface area contributed by atoms with Gasteiger partial charge in [-0.1, -0.05) is 25.1 Å². The van der Waals surface area contributed by atoms with Crippen LogP contribution in [0.5, 0.6) is 0 Å². The summed E-state index contributed by atoms with van der Waals surface area (Å²) in [6.07, 6.45) is 4.25. The molecule has 0 bridgehead atoms. The van der Waals surface area contributed by atoms with Crippen LogP contribution >= 0.6 is 15.9 Å². The third-order valence-electron chi connectivity index (χ3n) is 6.10. The highest BCUT2D eigenvalue weighted by molar-refractivity contribution is 9.10. The second-order valence-electron chi connectivity index (χ2n) is 8.67. The Morgan fingerprint density at radius 3 is 2.54 bits per heavy atom. The number of hydrogen-bond acceptors (Lipinski definition) is 6. The number of nitrogens with one attached hydrogen (secondary N) is 1. The van der Waals surface area contributed by atoms with E-state index >= 15 is 0 Å². The highest BCUT2D eigenvalue weighted by Gasteiger charge is 2.46. The highest BCUT2D eigenvalue weighted by Crippen LogP contribution is 2.48. The van der Waals surface area contributed by atoms with Crippen LogP contribution < -0.4 is 4.72 Å². The fourth-order valence-corrected chi connectivity index (χ4v) is 5.82. The number of nitrogens with zero attached hydrogens (tertiary/aromatic N) is 2. The Bertz CT molecular complexity index is 1590. The largest absolute Gasteiger partial charge is 0.516 e. The number of halogens is 4. The number of para-hydroxylation sites is 1. The molecule has 0 radical (unpaired) electrons. The van der Waals surface area contributed by atoms with Crippen LogP contribution in [0.1, 0.15) is 47.8 Å². The van der Waals surface area contributed by atoms with Gasteiger partial charge in [0.2, 0.25) is 0 Å². The lowest BCUT2D eigenvalue weighted by Crippen LogP contribution is -2.30. The molecule has 1 aliphatic heterocycles. The van der Waals surface area contributed by atoms with Crippen molar-refractivity contribution in [2.45, 2.75) is 45.7 Å². The fourth-order valence-electron chi connectivity index (χ4n) is 4.47. The molecule has 39 heavy (non-hydrogen) atoms. The van der Waals surface area contributed by atoms with Crippen LogP contribution in [0.3, 0.4) is 0 Å². The number of carbonyl (C=O) groups excluding carboxylic acids is 1. The number of esters is 1. The molecule has 0 saturated heterocycles. The Balaban J connectivity index is 1.97. The van der Waals surface area contributed by atoms with Gasteiger partial charge in [-0.05, 0) is 59.5 Å². The summed E-state index contributed by atoms with van der Waals surface area (Å²) in [5, 5.41) is 0. The number of aryl methyl sites for hydroxylation is 2. The molecule has 1 aromatic carbocycles. The van der Waals surface area contributed by atoms with E-state index in [-0.39, 0.29) is 30.1 Å². The van der Waals surface area contributed by atoms with Gasteiger partial charge in [-0.15, -0.1) is 0 Å². The maximum absolute atomic E-state index is 13.2. The summed E-state index contributed by atoms with van der Waals surface area (Å²) in [5.74, 6) is 0.0934. The van der Waals surface area contributed by atoms with Crippen LogP contribution in [-0.2, 0) is 27.7 Å². The number of fused-ring (bicyclic) bond motifs is 1. The third kappa shape index (κ3) is 5.42. The zero-order chi connectivity index (χ0) is 28.5. The number of imidazole rings is 1. The van der Waals surface area contributed by atoms with E-state index in [9.17, 15) is 26.4 Å². The average Bonchev–Trinajstić information content (AvgIpc) is 3.32. The number of carbonyl (C=O) groups is 1. The summed E-state index contributed by atoms with van der Waals surface area (Å²) in [6, 6.07) is 7.50. The Morgan fingerprint density at radius 1 is 1.15 bits per heavy atom. The van der Waals surface area contributed by atoms with Crippen LogP contribution in [0.2, 0.25) is 0 Å². The summed E-state index contributed by atoms with van der Waals surface area (Å²) in [4.78, 5) is 17.5. The van der Waals surface area contributed by atoms with Crippen LogP contribution in [0.25, 0.3) is 22.3 Å². The van der Waals surface area contributed by atoms with Crippen LogP contribution in [0.4, 0.5) is 18.9 Å². The number of hydrogen-bond donors (Lipinski definition) is 1. The van der Waals surface area contributed by atoms with Gasteiger partial charge in [0.1, 0.15) is 5.82 Å². The van der Waals surface area contributed by atoms with E-state index in [2.05, 4.69) is 20.9 Å². The minimum absolute atomic E-state index is 0.103. The van der Waals surface area contributed by atoms with Gasteiger partial charge < -0.3 is 13.7 Å². The van der Waals surface area contributed by atoms with Crippen molar-refractivity contribution >= 4 is 37.6 Å². The van der Waals surface area contributed by atoms with Gasteiger partial charge in [0.15, 0.2) is 5.69 Å². The summed E-state index contributed by atoms with van der Waals surface area (Å²) >= 11 is 3.56. The molecule has 2 aromatic rings. The first kappa shape index (κ1) is 28.7. The van der Waals surface area contributed by atoms with E-state index in [4.69, 9.17) is 9.15 Å². The second-order valence-corrected chi connectivity index (χ2v) is 11.1. The minimum Gasteiger partial charge on any atom is -0.472 e. The average molecular weight is 628 g/mol. The van der Waals surface area contributed by atoms with Crippen molar-refractivity contribution in [2.24, 2.45) is 0 Å². The molecule has 1 N–H and O–H groups in total. The van der Waals surface area contributed by atoms with Crippen LogP contribution in [-0.4, -0.2) is 36.1 Å². The lowest BCUT2D eigenvalue weighted by atomic mass is 10.0. The Kier molecular flexibility index (Phi) is 8.12. The third-order valence-corrected chi connectivity index (χ3v) is 8.02. The summed E-state index contributed by atoms with van der Waals surface area (Å²) in [6.45, 7) is 5.65. The lowest BCUT2D eigenvalue weighted by Gasteiger charge is -2.17. The molecule has 2 heterocycles. The monoisotopic (exact) mass is 627 g/mol. The second kappa shape index (κ2) is 11.0. The van der Waals surface area contributed by atoms with Crippen LogP contribution in [0, 0.1) is 6.92 Å². The van der Waals surface area contributed by atoms with Crippen molar-refractivity contribution in [3.63, 3.8) is 0 Å². The molecule has 13 heteroatoms. The molecule has 8 nitrogen and oxygen atoms in total. The molecule has 0 atom stereocenters. The molecule has 208 valence electrons. The molecule has 0 unspecified atom stereocenters. The maximum Gasteiger partial charge on any atom is 0.516 e. The zero-order valence-corrected chi connectivity index (χ0v) is 23.6. The lowest BCUT2D eigenvalue weighted by molar-refractivity contribution is -0.0429. The van der Waals surface area contributed by atoms with Crippen molar-refractivity contribution < 1.29 is 35.5 Å². The van der Waals surface area contributed by atoms with E-state index in [1.807, 2.05) is 6.92 Å². The van der Waals surface area contributed by atoms with Gasteiger partial charge in [0, 0.05) is 27.6 Å². The van der Waals surface area contributed by atoms with Crippen molar-refractivity contribution in [2.75, 3.05) is 11.3 Å². The molecule has 4 rings (SSSR count). The van der Waals surface area contributed by atoms with Gasteiger partial charge in [-0.2, -0.15) is 21.6 Å². The summed E-state index contributed by atoms with van der Waals surface area (Å²) in [7, 11) is -5.69. The Labute approximate surface area is 231 Å². The molecule has 0 amide bonds. The van der Waals surface area contributed by atoms with Crippen molar-refractivity contribution in [3.8, 4) is 22.3 Å². The van der Waals surface area contributed by atoms with Crippen LogP contribution in [0.15, 0.2) is 51.7 Å². The topological polar surface area (TPSA) is 103 Å².